The van der Waals surface area contributed by atoms with Gasteiger partial charge in [0.25, 0.3) is 5.91 Å². The predicted molar refractivity (Wildman–Crippen MR) is 95.5 cm³/mol. The first-order valence-electron chi connectivity index (χ1n) is 8.47. The van der Waals surface area contributed by atoms with E-state index in [1.807, 2.05) is 39.4 Å². The Hall–Kier alpha value is -2.14. The zero-order chi connectivity index (χ0) is 16.5. The third-order valence-electron chi connectivity index (χ3n) is 4.98. The number of hydrogen-bond donors (Lipinski definition) is 0. The summed E-state index contributed by atoms with van der Waals surface area (Å²) < 4.78 is 0. The van der Waals surface area contributed by atoms with Crippen LogP contribution in [0, 0.1) is 0 Å². The zero-order valence-corrected chi connectivity index (χ0v) is 14.3. The second-order valence-corrected chi connectivity index (χ2v) is 7.34. The van der Waals surface area contributed by atoms with Crippen molar-refractivity contribution in [2.75, 3.05) is 18.0 Å². The van der Waals surface area contributed by atoms with Crippen LogP contribution in [-0.4, -0.2) is 35.8 Å². The number of anilines is 1. The fourth-order valence-corrected chi connectivity index (χ4v) is 4.43. The summed E-state index contributed by atoms with van der Waals surface area (Å²) >= 11 is 1.49. The minimum absolute atomic E-state index is 0.119. The average Bonchev–Trinajstić information content (AvgIpc) is 3.16. The molecular formula is C19H20N2O2S. The maximum absolute atomic E-state index is 12.5. The third kappa shape index (κ3) is 2.73. The van der Waals surface area contributed by atoms with Gasteiger partial charge in [-0.05, 0) is 42.3 Å². The van der Waals surface area contributed by atoms with Gasteiger partial charge < -0.3 is 9.80 Å². The number of fused-ring (bicyclic) bond motifs is 1. The molecule has 2 aliphatic rings. The summed E-state index contributed by atoms with van der Waals surface area (Å²) in [6.07, 6.45) is 3.11. The normalized spacial score (nSPS) is 18.6. The van der Waals surface area contributed by atoms with Gasteiger partial charge in [0, 0.05) is 31.2 Å². The molecule has 24 heavy (non-hydrogen) atoms. The Morgan fingerprint density at radius 1 is 1.04 bits per heavy atom. The summed E-state index contributed by atoms with van der Waals surface area (Å²) in [4.78, 5) is 29.7. The summed E-state index contributed by atoms with van der Waals surface area (Å²) in [6, 6.07) is 12.2. The molecule has 1 aromatic heterocycles. The van der Waals surface area contributed by atoms with E-state index in [-0.39, 0.29) is 17.9 Å². The second-order valence-electron chi connectivity index (χ2n) is 6.39. The average molecular weight is 340 g/mol. The summed E-state index contributed by atoms with van der Waals surface area (Å²) in [5, 5.41) is 1.93. The van der Waals surface area contributed by atoms with Gasteiger partial charge in [-0.15, -0.1) is 11.3 Å². The van der Waals surface area contributed by atoms with E-state index >= 15 is 0 Å². The molecule has 1 aromatic carbocycles. The molecule has 4 rings (SSSR count). The van der Waals surface area contributed by atoms with Crippen molar-refractivity contribution in [2.45, 2.75) is 31.7 Å². The fraction of sp³-hybridized carbons (Fsp3) is 0.368. The van der Waals surface area contributed by atoms with E-state index in [0.29, 0.717) is 19.5 Å². The highest BCUT2D eigenvalue weighted by Crippen LogP contribution is 2.32. The van der Waals surface area contributed by atoms with Crippen molar-refractivity contribution in [1.29, 1.82) is 0 Å². The molecule has 0 unspecified atom stereocenters. The van der Waals surface area contributed by atoms with E-state index in [1.165, 1.54) is 16.9 Å². The van der Waals surface area contributed by atoms with Crippen LogP contribution in [0.1, 0.15) is 34.5 Å². The molecule has 1 fully saturated rings. The maximum atomic E-state index is 12.5. The molecule has 0 N–H and O–H groups in total. The van der Waals surface area contributed by atoms with Crippen molar-refractivity contribution in [3.63, 3.8) is 0 Å². The van der Waals surface area contributed by atoms with Crippen LogP contribution in [0.25, 0.3) is 0 Å². The summed E-state index contributed by atoms with van der Waals surface area (Å²) in [5.74, 6) is 0.338. The first kappa shape index (κ1) is 15.4. The van der Waals surface area contributed by atoms with Gasteiger partial charge >= 0.3 is 0 Å². The number of piperidine rings is 1. The van der Waals surface area contributed by atoms with Crippen LogP contribution < -0.4 is 4.90 Å². The number of likely N-dealkylation sites (tertiary alicyclic amines) is 1. The summed E-state index contributed by atoms with van der Waals surface area (Å²) in [7, 11) is 0. The minimum atomic E-state index is 0.119. The molecule has 0 spiro atoms. The Morgan fingerprint density at radius 2 is 1.83 bits per heavy atom. The molecule has 0 saturated carbocycles. The van der Waals surface area contributed by atoms with E-state index in [2.05, 4.69) is 12.1 Å². The lowest BCUT2D eigenvalue weighted by atomic mass is 9.95. The molecule has 2 aromatic rings. The predicted octanol–water partition coefficient (Wildman–Crippen LogP) is 3.33. The number of thiophene rings is 1. The zero-order valence-electron chi connectivity index (χ0n) is 13.5. The van der Waals surface area contributed by atoms with Gasteiger partial charge in [0.1, 0.15) is 0 Å². The molecule has 1 saturated heterocycles. The first-order valence-corrected chi connectivity index (χ1v) is 9.35. The molecule has 5 heteroatoms. The molecule has 0 aliphatic carbocycles. The lowest BCUT2D eigenvalue weighted by Gasteiger charge is -2.40. The van der Waals surface area contributed by atoms with Crippen LogP contribution in [0.3, 0.4) is 0 Å². The molecule has 0 radical (unpaired) electrons. The number of carbonyl (C=O) groups is 2. The van der Waals surface area contributed by atoms with Gasteiger partial charge in [0.15, 0.2) is 0 Å². The SMILES string of the molecule is O=C(c1cccs1)N1CCC(N2C(=O)CCc3ccccc32)CC1. The summed E-state index contributed by atoms with van der Waals surface area (Å²) in [6.45, 7) is 1.43. The maximum Gasteiger partial charge on any atom is 0.263 e. The molecule has 2 aliphatic heterocycles. The molecular weight excluding hydrogens is 320 g/mol. The molecule has 124 valence electrons. The molecule has 3 heterocycles. The van der Waals surface area contributed by atoms with Gasteiger partial charge in [0.2, 0.25) is 5.91 Å². The van der Waals surface area contributed by atoms with Crippen molar-refractivity contribution in [3.05, 3.63) is 52.2 Å². The van der Waals surface area contributed by atoms with Gasteiger partial charge in [-0.25, -0.2) is 0 Å². The number of para-hydroxylation sites is 1. The Kier molecular flexibility index (Phi) is 4.10. The van der Waals surface area contributed by atoms with Crippen molar-refractivity contribution in [1.82, 2.24) is 4.90 Å². The lowest BCUT2D eigenvalue weighted by Crippen LogP contribution is -2.50. The summed E-state index contributed by atoms with van der Waals surface area (Å²) in [5.41, 5.74) is 2.32. The van der Waals surface area contributed by atoms with Gasteiger partial charge in [-0.2, -0.15) is 0 Å². The Bertz CT molecular complexity index is 748. The van der Waals surface area contributed by atoms with Gasteiger partial charge in [0.05, 0.1) is 4.88 Å². The monoisotopic (exact) mass is 340 g/mol. The van der Waals surface area contributed by atoms with E-state index in [1.54, 1.807) is 0 Å². The van der Waals surface area contributed by atoms with Crippen molar-refractivity contribution >= 4 is 28.8 Å². The van der Waals surface area contributed by atoms with Crippen molar-refractivity contribution in [3.8, 4) is 0 Å². The van der Waals surface area contributed by atoms with Crippen LogP contribution >= 0.6 is 11.3 Å². The van der Waals surface area contributed by atoms with E-state index < -0.39 is 0 Å². The number of aryl methyl sites for hydroxylation is 1. The van der Waals surface area contributed by atoms with E-state index in [4.69, 9.17) is 0 Å². The standard InChI is InChI=1S/C19H20N2O2S/c22-18-8-7-14-4-1-2-5-16(14)21(18)15-9-11-20(12-10-15)19(23)17-6-3-13-24-17/h1-6,13,15H,7-12H2. The highest BCUT2D eigenvalue weighted by molar-refractivity contribution is 7.12. The van der Waals surface area contributed by atoms with Crippen LogP contribution in [0.15, 0.2) is 41.8 Å². The second kappa shape index (κ2) is 6.40. The number of nitrogens with zero attached hydrogens (tertiary/aromatic N) is 2. The first-order chi connectivity index (χ1) is 11.7. The smallest absolute Gasteiger partial charge is 0.263 e. The van der Waals surface area contributed by atoms with E-state index in [9.17, 15) is 9.59 Å². The fourth-order valence-electron chi connectivity index (χ4n) is 3.74. The number of amides is 2. The van der Waals surface area contributed by atoms with Crippen LogP contribution in [0.5, 0.6) is 0 Å². The number of hydrogen-bond acceptors (Lipinski definition) is 3. The Balaban J connectivity index is 1.48. The lowest BCUT2D eigenvalue weighted by molar-refractivity contribution is -0.119. The molecule has 4 nitrogen and oxygen atoms in total. The largest absolute Gasteiger partial charge is 0.338 e. The molecule has 0 bridgehead atoms. The molecule has 0 atom stereocenters. The van der Waals surface area contributed by atoms with Gasteiger partial charge in [-0.3, -0.25) is 9.59 Å². The van der Waals surface area contributed by atoms with E-state index in [0.717, 1.165) is 29.8 Å². The Morgan fingerprint density at radius 3 is 2.58 bits per heavy atom. The van der Waals surface area contributed by atoms with Crippen LogP contribution in [0.2, 0.25) is 0 Å². The van der Waals surface area contributed by atoms with Crippen molar-refractivity contribution in [2.24, 2.45) is 0 Å². The number of carbonyl (C=O) groups excluding carboxylic acids is 2. The highest BCUT2D eigenvalue weighted by Gasteiger charge is 2.33. The highest BCUT2D eigenvalue weighted by atomic mass is 32.1. The van der Waals surface area contributed by atoms with Crippen molar-refractivity contribution < 1.29 is 9.59 Å². The van der Waals surface area contributed by atoms with Gasteiger partial charge in [-0.1, -0.05) is 24.3 Å². The number of benzene rings is 1. The Labute approximate surface area is 145 Å². The molecule has 2 amide bonds. The minimum Gasteiger partial charge on any atom is -0.338 e. The van der Waals surface area contributed by atoms with Crippen LogP contribution in [0.4, 0.5) is 5.69 Å². The topological polar surface area (TPSA) is 40.6 Å². The van der Waals surface area contributed by atoms with Crippen LogP contribution in [-0.2, 0) is 11.2 Å². The number of rotatable bonds is 2. The quantitative estimate of drug-likeness (QED) is 0.841. The third-order valence-corrected chi connectivity index (χ3v) is 5.83.